The first-order chi connectivity index (χ1) is 17.4. The van der Waals surface area contributed by atoms with Gasteiger partial charge >= 0.3 is 0 Å². The number of benzene rings is 2. The number of amides is 1. The number of hydrogen-bond donors (Lipinski definition) is 1. The predicted octanol–water partition coefficient (Wildman–Crippen LogP) is 6.74. The number of nitrogens with zero attached hydrogens (tertiary/aromatic N) is 3. The fourth-order valence-electron chi connectivity index (χ4n) is 4.16. The largest absolute Gasteiger partial charge is 0.497 e. The van der Waals surface area contributed by atoms with Gasteiger partial charge in [0.1, 0.15) is 17.0 Å². The normalized spacial score (nSPS) is 13.1. The van der Waals surface area contributed by atoms with Gasteiger partial charge in [-0.1, -0.05) is 45.0 Å². The molecule has 6 nitrogen and oxygen atoms in total. The number of hydrogen-bond acceptors (Lipinski definition) is 4. The Kier molecular flexibility index (Phi) is 7.62. The maximum absolute atomic E-state index is 13.9. The van der Waals surface area contributed by atoms with Gasteiger partial charge in [-0.25, -0.2) is 18.3 Å². The van der Waals surface area contributed by atoms with Gasteiger partial charge in [0.2, 0.25) is 0 Å². The Balaban J connectivity index is 1.67. The molecule has 0 bridgehead atoms. The monoisotopic (exact) mass is 492 g/mol. The van der Waals surface area contributed by atoms with Crippen molar-refractivity contribution in [2.75, 3.05) is 7.11 Å². The van der Waals surface area contributed by atoms with Crippen molar-refractivity contribution < 1.29 is 18.3 Å². The third-order valence-electron chi connectivity index (χ3n) is 6.59. The van der Waals surface area contributed by atoms with Crippen LogP contribution in [0.15, 0.2) is 60.8 Å². The number of carbonyl (C=O) groups excluding carboxylic acids is 1. The van der Waals surface area contributed by atoms with E-state index in [-0.39, 0.29) is 22.9 Å². The Bertz CT molecular complexity index is 1330. The van der Waals surface area contributed by atoms with Gasteiger partial charge in [-0.3, -0.25) is 4.79 Å². The second-order valence-corrected chi connectivity index (χ2v) is 8.80. The summed E-state index contributed by atoms with van der Waals surface area (Å²) >= 11 is 0. The highest BCUT2D eigenvalue weighted by atomic mass is 19.3. The van der Waals surface area contributed by atoms with Crippen molar-refractivity contribution in [3.63, 3.8) is 0 Å². The summed E-state index contributed by atoms with van der Waals surface area (Å²) in [5.41, 5.74) is 3.07. The van der Waals surface area contributed by atoms with Crippen LogP contribution in [0.4, 0.5) is 8.78 Å². The molecule has 0 aliphatic carbocycles. The van der Waals surface area contributed by atoms with E-state index in [2.05, 4.69) is 41.4 Å². The summed E-state index contributed by atoms with van der Waals surface area (Å²) in [6.45, 7) is 6.32. The standard InChI is InChI=1S/C28H30F2N4O2/c1-5-17(3)18-7-9-19(10-8-18)23(6-2)33-28(35)22-16-31-34-25(26(29)30)15-24(32-27(22)34)20-11-13-21(36-4)14-12-20/h7-17,23,26H,5-6H2,1-4H3,(H,33,35). The lowest BCUT2D eigenvalue weighted by atomic mass is 9.95. The van der Waals surface area contributed by atoms with E-state index in [0.29, 0.717) is 29.3 Å². The highest BCUT2D eigenvalue weighted by Gasteiger charge is 2.23. The van der Waals surface area contributed by atoms with E-state index >= 15 is 0 Å². The van der Waals surface area contributed by atoms with Crippen molar-refractivity contribution in [3.05, 3.63) is 83.2 Å². The molecule has 2 aromatic carbocycles. The van der Waals surface area contributed by atoms with E-state index in [1.165, 1.54) is 17.8 Å². The minimum Gasteiger partial charge on any atom is -0.497 e. The van der Waals surface area contributed by atoms with Gasteiger partial charge < -0.3 is 10.1 Å². The summed E-state index contributed by atoms with van der Waals surface area (Å²) in [6, 6.07) is 16.2. The molecule has 0 saturated heterocycles. The fraction of sp³-hybridized carbons (Fsp3) is 0.321. The Morgan fingerprint density at radius 2 is 1.69 bits per heavy atom. The fourth-order valence-corrected chi connectivity index (χ4v) is 4.16. The second kappa shape index (κ2) is 10.8. The molecule has 2 aromatic heterocycles. The van der Waals surface area contributed by atoms with Gasteiger partial charge in [0.05, 0.1) is 25.0 Å². The molecule has 1 N–H and O–H groups in total. The van der Waals surface area contributed by atoms with Gasteiger partial charge in [0.15, 0.2) is 5.65 Å². The second-order valence-electron chi connectivity index (χ2n) is 8.80. The number of methoxy groups -OCH3 is 1. The van der Waals surface area contributed by atoms with Gasteiger partial charge in [0.25, 0.3) is 12.3 Å². The average molecular weight is 493 g/mol. The van der Waals surface area contributed by atoms with Crippen LogP contribution in [0.25, 0.3) is 16.9 Å². The molecule has 4 aromatic rings. The van der Waals surface area contributed by atoms with Crippen molar-refractivity contribution in [2.24, 2.45) is 0 Å². The zero-order chi connectivity index (χ0) is 25.8. The molecule has 0 aliphatic heterocycles. The van der Waals surface area contributed by atoms with E-state index in [0.717, 1.165) is 16.5 Å². The van der Waals surface area contributed by atoms with Gasteiger partial charge in [0, 0.05) is 5.56 Å². The molecule has 2 heterocycles. The molecule has 0 fully saturated rings. The number of rotatable bonds is 9. The summed E-state index contributed by atoms with van der Waals surface area (Å²) < 4.78 is 34.0. The Morgan fingerprint density at radius 3 is 2.28 bits per heavy atom. The average Bonchev–Trinajstić information content (AvgIpc) is 3.35. The predicted molar refractivity (Wildman–Crippen MR) is 136 cm³/mol. The summed E-state index contributed by atoms with van der Waals surface area (Å²) in [7, 11) is 1.55. The van der Waals surface area contributed by atoms with Crippen molar-refractivity contribution in [2.45, 2.75) is 52.0 Å². The SMILES string of the molecule is CCC(C)c1ccc(C(CC)NC(=O)c2cnn3c(C(F)F)cc(-c4ccc(OC)cc4)nc23)cc1. The molecule has 2 atom stereocenters. The first-order valence-electron chi connectivity index (χ1n) is 12.1. The summed E-state index contributed by atoms with van der Waals surface area (Å²) in [6.07, 6.45) is 0.213. The van der Waals surface area contributed by atoms with Crippen LogP contribution in [0.5, 0.6) is 5.75 Å². The molecule has 0 aliphatic rings. The molecule has 4 rings (SSSR count). The molecule has 0 radical (unpaired) electrons. The molecule has 0 saturated carbocycles. The van der Waals surface area contributed by atoms with E-state index in [1.807, 2.05) is 19.1 Å². The first kappa shape index (κ1) is 25.3. The zero-order valence-electron chi connectivity index (χ0n) is 20.8. The summed E-state index contributed by atoms with van der Waals surface area (Å²) in [5.74, 6) is 0.686. The third kappa shape index (κ3) is 5.08. The Hall–Kier alpha value is -3.81. The Morgan fingerprint density at radius 1 is 1.03 bits per heavy atom. The van der Waals surface area contributed by atoms with E-state index in [9.17, 15) is 13.6 Å². The minimum atomic E-state index is -2.80. The van der Waals surface area contributed by atoms with Crippen molar-refractivity contribution in [1.29, 1.82) is 0 Å². The topological polar surface area (TPSA) is 68.5 Å². The van der Waals surface area contributed by atoms with Crippen LogP contribution in [-0.4, -0.2) is 27.6 Å². The van der Waals surface area contributed by atoms with E-state index < -0.39 is 12.3 Å². The number of halogens is 2. The third-order valence-corrected chi connectivity index (χ3v) is 6.59. The minimum absolute atomic E-state index is 0.0816. The lowest BCUT2D eigenvalue weighted by molar-refractivity contribution is 0.0936. The summed E-state index contributed by atoms with van der Waals surface area (Å²) in [4.78, 5) is 17.8. The highest BCUT2D eigenvalue weighted by Crippen LogP contribution is 2.28. The summed E-state index contributed by atoms with van der Waals surface area (Å²) in [5, 5.41) is 7.09. The molecule has 188 valence electrons. The smallest absolute Gasteiger partial charge is 0.280 e. The van der Waals surface area contributed by atoms with Crippen LogP contribution in [-0.2, 0) is 0 Å². The molecule has 36 heavy (non-hydrogen) atoms. The van der Waals surface area contributed by atoms with Crippen molar-refractivity contribution in [3.8, 4) is 17.0 Å². The molecule has 1 amide bonds. The number of ether oxygens (including phenoxy) is 1. The van der Waals surface area contributed by atoms with Crippen molar-refractivity contribution in [1.82, 2.24) is 19.9 Å². The number of nitrogens with one attached hydrogen (secondary N) is 1. The molecular formula is C28H30F2N4O2. The Labute approximate surface area is 209 Å². The van der Waals surface area contributed by atoms with Crippen LogP contribution in [0.2, 0.25) is 0 Å². The molecular weight excluding hydrogens is 462 g/mol. The van der Waals surface area contributed by atoms with Gasteiger partial charge in [-0.15, -0.1) is 0 Å². The lowest BCUT2D eigenvalue weighted by Crippen LogP contribution is -2.28. The van der Waals surface area contributed by atoms with Crippen LogP contribution < -0.4 is 10.1 Å². The van der Waals surface area contributed by atoms with Gasteiger partial charge in [-0.2, -0.15) is 5.10 Å². The van der Waals surface area contributed by atoms with Crippen LogP contribution in [0.3, 0.4) is 0 Å². The van der Waals surface area contributed by atoms with Gasteiger partial charge in [-0.05, 0) is 60.2 Å². The number of aromatic nitrogens is 3. The molecule has 2 unspecified atom stereocenters. The lowest BCUT2D eigenvalue weighted by Gasteiger charge is -2.18. The maximum Gasteiger partial charge on any atom is 0.280 e. The van der Waals surface area contributed by atoms with Crippen molar-refractivity contribution >= 4 is 11.6 Å². The van der Waals surface area contributed by atoms with Crippen LogP contribution in [0, 0.1) is 0 Å². The van der Waals surface area contributed by atoms with Crippen LogP contribution in [0.1, 0.15) is 79.2 Å². The van der Waals surface area contributed by atoms with E-state index in [1.54, 1.807) is 31.4 Å². The maximum atomic E-state index is 13.9. The zero-order valence-corrected chi connectivity index (χ0v) is 20.8. The number of carbonyl (C=O) groups is 1. The number of fused-ring (bicyclic) bond motifs is 1. The molecule has 8 heteroatoms. The number of alkyl halides is 2. The highest BCUT2D eigenvalue weighted by molar-refractivity contribution is 6.00. The molecule has 0 spiro atoms. The first-order valence-corrected chi connectivity index (χ1v) is 12.1. The van der Waals surface area contributed by atoms with Crippen LogP contribution >= 0.6 is 0 Å². The quantitative estimate of drug-likeness (QED) is 0.281. The van der Waals surface area contributed by atoms with E-state index in [4.69, 9.17) is 4.74 Å².